The Labute approximate surface area is 131 Å². The number of alkyl halides is 3. The Kier molecular flexibility index (Phi) is 4.31. The van der Waals surface area contributed by atoms with Gasteiger partial charge in [0.15, 0.2) is 0 Å². The standard InChI is InChI=1S/C15H16F3N5/c16-15(17,18)11-4-5-13(21-9-11)22-12-3-1-8-23(10-12)14-19-6-2-7-20-14/h2,4-7,9,12H,1,3,8,10H2,(H,21,22). The summed E-state index contributed by atoms with van der Waals surface area (Å²) in [5.74, 6) is 1.11. The van der Waals surface area contributed by atoms with E-state index in [1.54, 1.807) is 18.5 Å². The summed E-state index contributed by atoms with van der Waals surface area (Å²) in [7, 11) is 0. The normalized spacial score (nSPS) is 18.7. The lowest BCUT2D eigenvalue weighted by atomic mass is 10.1. The number of anilines is 2. The van der Waals surface area contributed by atoms with Gasteiger partial charge in [-0.3, -0.25) is 0 Å². The monoisotopic (exact) mass is 323 g/mol. The molecule has 1 saturated heterocycles. The molecule has 0 spiro atoms. The molecule has 8 heteroatoms. The van der Waals surface area contributed by atoms with Crippen LogP contribution in [-0.4, -0.2) is 34.1 Å². The van der Waals surface area contributed by atoms with E-state index >= 15 is 0 Å². The number of aromatic nitrogens is 3. The average molecular weight is 323 g/mol. The van der Waals surface area contributed by atoms with Crippen LogP contribution in [0.15, 0.2) is 36.8 Å². The molecular formula is C15H16F3N5. The van der Waals surface area contributed by atoms with E-state index in [1.807, 2.05) is 0 Å². The number of halogens is 3. The topological polar surface area (TPSA) is 53.9 Å². The zero-order chi connectivity index (χ0) is 16.3. The minimum Gasteiger partial charge on any atom is -0.366 e. The van der Waals surface area contributed by atoms with E-state index < -0.39 is 11.7 Å². The van der Waals surface area contributed by atoms with Crippen LogP contribution < -0.4 is 10.2 Å². The van der Waals surface area contributed by atoms with Crippen molar-refractivity contribution >= 4 is 11.8 Å². The molecule has 2 aromatic rings. The molecule has 0 bridgehead atoms. The van der Waals surface area contributed by atoms with Crippen LogP contribution in [0.5, 0.6) is 0 Å². The summed E-state index contributed by atoms with van der Waals surface area (Å²) in [4.78, 5) is 14.4. The average Bonchev–Trinajstić information content (AvgIpc) is 2.56. The largest absolute Gasteiger partial charge is 0.417 e. The number of hydrogen-bond donors (Lipinski definition) is 1. The molecule has 3 heterocycles. The summed E-state index contributed by atoms with van der Waals surface area (Å²) in [6.45, 7) is 1.55. The highest BCUT2D eigenvalue weighted by molar-refractivity contribution is 5.39. The van der Waals surface area contributed by atoms with Crippen molar-refractivity contribution in [3.63, 3.8) is 0 Å². The minimum absolute atomic E-state index is 0.0943. The van der Waals surface area contributed by atoms with Gasteiger partial charge in [0.1, 0.15) is 5.82 Å². The summed E-state index contributed by atoms with van der Waals surface area (Å²) in [5.41, 5.74) is -0.744. The van der Waals surface area contributed by atoms with Gasteiger partial charge in [0.25, 0.3) is 0 Å². The molecule has 23 heavy (non-hydrogen) atoms. The van der Waals surface area contributed by atoms with E-state index in [9.17, 15) is 13.2 Å². The van der Waals surface area contributed by atoms with Gasteiger partial charge >= 0.3 is 6.18 Å². The van der Waals surface area contributed by atoms with Gasteiger partial charge in [-0.15, -0.1) is 0 Å². The van der Waals surface area contributed by atoms with E-state index in [0.717, 1.165) is 31.6 Å². The zero-order valence-electron chi connectivity index (χ0n) is 12.3. The number of pyridine rings is 1. The number of nitrogens with one attached hydrogen (secondary N) is 1. The smallest absolute Gasteiger partial charge is 0.366 e. The maximum absolute atomic E-state index is 12.5. The molecule has 1 aliphatic rings. The number of nitrogens with zero attached hydrogens (tertiary/aromatic N) is 4. The van der Waals surface area contributed by atoms with Crippen molar-refractivity contribution in [1.82, 2.24) is 15.0 Å². The summed E-state index contributed by atoms with van der Waals surface area (Å²) in [5, 5.41) is 3.18. The van der Waals surface area contributed by atoms with Crippen LogP contribution in [0.2, 0.25) is 0 Å². The lowest BCUT2D eigenvalue weighted by Crippen LogP contribution is -2.43. The Balaban J connectivity index is 1.64. The van der Waals surface area contributed by atoms with Crippen LogP contribution in [0.3, 0.4) is 0 Å². The zero-order valence-corrected chi connectivity index (χ0v) is 12.3. The van der Waals surface area contributed by atoms with Crippen molar-refractivity contribution in [1.29, 1.82) is 0 Å². The van der Waals surface area contributed by atoms with Gasteiger partial charge in [-0.2, -0.15) is 13.2 Å². The van der Waals surface area contributed by atoms with Gasteiger partial charge in [0.05, 0.1) is 5.56 Å². The molecule has 0 saturated carbocycles. The third kappa shape index (κ3) is 3.88. The lowest BCUT2D eigenvalue weighted by molar-refractivity contribution is -0.137. The molecule has 0 amide bonds. The van der Waals surface area contributed by atoms with Gasteiger partial charge in [0, 0.05) is 37.7 Å². The minimum atomic E-state index is -4.36. The number of hydrogen-bond acceptors (Lipinski definition) is 5. The summed E-state index contributed by atoms with van der Waals surface area (Å²) in [6.07, 6.45) is 1.75. The maximum Gasteiger partial charge on any atom is 0.417 e. The highest BCUT2D eigenvalue weighted by Crippen LogP contribution is 2.29. The Morgan fingerprint density at radius 3 is 2.57 bits per heavy atom. The molecule has 1 fully saturated rings. The number of piperidine rings is 1. The van der Waals surface area contributed by atoms with Crippen molar-refractivity contribution in [2.45, 2.75) is 25.1 Å². The third-order valence-electron chi connectivity index (χ3n) is 3.70. The molecule has 5 nitrogen and oxygen atoms in total. The second-order valence-corrected chi connectivity index (χ2v) is 5.41. The summed E-state index contributed by atoms with van der Waals surface area (Å²) < 4.78 is 37.6. The molecule has 2 aromatic heterocycles. The second-order valence-electron chi connectivity index (χ2n) is 5.41. The van der Waals surface area contributed by atoms with Gasteiger partial charge in [-0.05, 0) is 31.0 Å². The van der Waals surface area contributed by atoms with Crippen LogP contribution in [0.4, 0.5) is 24.9 Å². The quantitative estimate of drug-likeness (QED) is 0.941. The lowest BCUT2D eigenvalue weighted by Gasteiger charge is -2.33. The first-order valence-corrected chi connectivity index (χ1v) is 7.34. The molecular weight excluding hydrogens is 307 g/mol. The third-order valence-corrected chi connectivity index (χ3v) is 3.70. The number of rotatable bonds is 3. The van der Waals surface area contributed by atoms with Gasteiger partial charge < -0.3 is 10.2 Å². The molecule has 1 aliphatic heterocycles. The highest BCUT2D eigenvalue weighted by atomic mass is 19.4. The van der Waals surface area contributed by atoms with Gasteiger partial charge in [-0.25, -0.2) is 15.0 Å². The Morgan fingerprint density at radius 1 is 1.13 bits per heavy atom. The van der Waals surface area contributed by atoms with Crippen LogP contribution >= 0.6 is 0 Å². The molecule has 3 rings (SSSR count). The van der Waals surface area contributed by atoms with Crippen LogP contribution in [0.25, 0.3) is 0 Å². The second kappa shape index (κ2) is 6.39. The van der Waals surface area contributed by atoms with Gasteiger partial charge in [-0.1, -0.05) is 0 Å². The van der Waals surface area contributed by atoms with Crippen molar-refractivity contribution in [3.05, 3.63) is 42.4 Å². The van der Waals surface area contributed by atoms with Crippen LogP contribution in [0, 0.1) is 0 Å². The van der Waals surface area contributed by atoms with Crippen molar-refractivity contribution in [3.8, 4) is 0 Å². The van der Waals surface area contributed by atoms with E-state index in [2.05, 4.69) is 25.2 Å². The van der Waals surface area contributed by atoms with E-state index in [0.29, 0.717) is 18.3 Å². The maximum atomic E-state index is 12.5. The van der Waals surface area contributed by atoms with Gasteiger partial charge in [0.2, 0.25) is 5.95 Å². The Morgan fingerprint density at radius 2 is 1.91 bits per heavy atom. The molecule has 1 atom stereocenters. The molecule has 1 N–H and O–H groups in total. The van der Waals surface area contributed by atoms with Crippen molar-refractivity contribution in [2.24, 2.45) is 0 Å². The molecule has 1 unspecified atom stereocenters. The first-order chi connectivity index (χ1) is 11.0. The first-order valence-electron chi connectivity index (χ1n) is 7.34. The highest BCUT2D eigenvalue weighted by Gasteiger charge is 2.30. The molecule has 122 valence electrons. The summed E-state index contributed by atoms with van der Waals surface area (Å²) in [6, 6.07) is 4.25. The predicted molar refractivity (Wildman–Crippen MR) is 80.1 cm³/mol. The first kappa shape index (κ1) is 15.5. The fraction of sp³-hybridized carbons (Fsp3) is 0.400. The fourth-order valence-electron chi connectivity index (χ4n) is 2.59. The van der Waals surface area contributed by atoms with Crippen LogP contribution in [0.1, 0.15) is 18.4 Å². The van der Waals surface area contributed by atoms with Crippen molar-refractivity contribution < 1.29 is 13.2 Å². The van der Waals surface area contributed by atoms with Crippen LogP contribution in [-0.2, 0) is 6.18 Å². The molecule has 0 aliphatic carbocycles. The van der Waals surface area contributed by atoms with E-state index in [4.69, 9.17) is 0 Å². The Hall–Kier alpha value is -2.38. The van der Waals surface area contributed by atoms with E-state index in [1.165, 1.54) is 6.07 Å². The SMILES string of the molecule is FC(F)(F)c1ccc(NC2CCCN(c3ncccn3)C2)nc1. The fourth-order valence-corrected chi connectivity index (χ4v) is 2.59. The summed E-state index contributed by atoms with van der Waals surface area (Å²) >= 11 is 0. The van der Waals surface area contributed by atoms with E-state index in [-0.39, 0.29) is 6.04 Å². The molecule has 0 radical (unpaired) electrons. The molecule has 0 aromatic carbocycles. The Bertz CT molecular complexity index is 630. The van der Waals surface area contributed by atoms with Crippen molar-refractivity contribution in [2.75, 3.05) is 23.3 Å². The predicted octanol–water partition coefficient (Wildman–Crippen LogP) is 2.97.